The number of fused-ring (bicyclic) bond motifs is 1. The zero-order valence-corrected chi connectivity index (χ0v) is 13.9. The molecule has 0 saturated carbocycles. The minimum absolute atomic E-state index is 0.118. The second kappa shape index (κ2) is 5.51. The van der Waals surface area contributed by atoms with Crippen molar-refractivity contribution in [2.45, 2.75) is 32.4 Å². The molecule has 0 bridgehead atoms. The lowest BCUT2D eigenvalue weighted by atomic mass is 9.96. The van der Waals surface area contributed by atoms with Crippen LogP contribution in [0.5, 0.6) is 0 Å². The lowest BCUT2D eigenvalue weighted by Crippen LogP contribution is -1.99. The summed E-state index contributed by atoms with van der Waals surface area (Å²) in [6, 6.07) is 10.7. The van der Waals surface area contributed by atoms with E-state index in [1.165, 1.54) is 27.8 Å². The average molecular weight is 352 g/mol. The van der Waals surface area contributed by atoms with Gasteiger partial charge in [-0.2, -0.15) is 0 Å². The van der Waals surface area contributed by atoms with Crippen LogP contribution in [-0.4, -0.2) is 0 Å². The number of aryl methyl sites for hydroxylation is 2. The van der Waals surface area contributed by atoms with Gasteiger partial charge in [-0.25, -0.2) is 0 Å². The summed E-state index contributed by atoms with van der Waals surface area (Å²) in [4.78, 5) is 0. The molecule has 0 amide bonds. The quantitative estimate of drug-likeness (QED) is 0.656. The third kappa shape index (κ3) is 2.52. The standard InChI is InChI=1S/C17H16BrClO/c1-10-6-16(18)11(2)5-15(10)17(19)12-3-4-13-8-20-9-14(13)7-12/h3-7,17H,8-9H2,1-2H3. The van der Waals surface area contributed by atoms with Gasteiger partial charge in [0.25, 0.3) is 0 Å². The van der Waals surface area contributed by atoms with Crippen LogP contribution in [0.1, 0.15) is 38.8 Å². The zero-order valence-electron chi connectivity index (χ0n) is 11.5. The molecule has 20 heavy (non-hydrogen) atoms. The molecule has 0 fully saturated rings. The molecule has 3 rings (SSSR count). The zero-order chi connectivity index (χ0) is 14.3. The predicted molar refractivity (Wildman–Crippen MR) is 86.2 cm³/mol. The maximum absolute atomic E-state index is 6.71. The molecule has 1 atom stereocenters. The molecular weight excluding hydrogens is 336 g/mol. The molecule has 2 aromatic rings. The van der Waals surface area contributed by atoms with Crippen molar-refractivity contribution in [3.8, 4) is 0 Å². The van der Waals surface area contributed by atoms with Crippen LogP contribution in [0, 0.1) is 13.8 Å². The van der Waals surface area contributed by atoms with Crippen molar-refractivity contribution in [3.63, 3.8) is 0 Å². The fraction of sp³-hybridized carbons (Fsp3) is 0.294. The smallest absolute Gasteiger partial charge is 0.0838 e. The van der Waals surface area contributed by atoms with Gasteiger partial charge in [-0.15, -0.1) is 11.6 Å². The fourth-order valence-electron chi connectivity index (χ4n) is 2.61. The third-order valence-electron chi connectivity index (χ3n) is 3.86. The Hall–Kier alpha value is -0.830. The first-order valence-electron chi connectivity index (χ1n) is 6.66. The molecule has 0 saturated heterocycles. The highest BCUT2D eigenvalue weighted by molar-refractivity contribution is 9.10. The van der Waals surface area contributed by atoms with Crippen molar-refractivity contribution in [2.24, 2.45) is 0 Å². The van der Waals surface area contributed by atoms with Crippen LogP contribution >= 0.6 is 27.5 Å². The van der Waals surface area contributed by atoms with Gasteiger partial charge in [0.1, 0.15) is 0 Å². The summed E-state index contributed by atoms with van der Waals surface area (Å²) < 4.78 is 6.59. The van der Waals surface area contributed by atoms with E-state index in [9.17, 15) is 0 Å². The molecule has 0 spiro atoms. The molecule has 1 unspecified atom stereocenters. The number of rotatable bonds is 2. The second-order valence-corrected chi connectivity index (χ2v) is 6.63. The Balaban J connectivity index is 2.00. The predicted octanol–water partition coefficient (Wildman–Crippen LogP) is 5.42. The SMILES string of the molecule is Cc1cc(C(Cl)c2ccc3c(c2)COC3)c(C)cc1Br. The van der Waals surface area contributed by atoms with E-state index >= 15 is 0 Å². The molecule has 1 aliphatic heterocycles. The van der Waals surface area contributed by atoms with E-state index in [1.54, 1.807) is 0 Å². The Morgan fingerprint density at radius 2 is 1.80 bits per heavy atom. The minimum atomic E-state index is -0.118. The Labute approximate surface area is 133 Å². The molecule has 0 radical (unpaired) electrons. The van der Waals surface area contributed by atoms with Crippen molar-refractivity contribution >= 4 is 27.5 Å². The van der Waals surface area contributed by atoms with Gasteiger partial charge in [-0.1, -0.05) is 40.2 Å². The topological polar surface area (TPSA) is 9.23 Å². The van der Waals surface area contributed by atoms with Gasteiger partial charge in [0.2, 0.25) is 0 Å². The van der Waals surface area contributed by atoms with Gasteiger partial charge >= 0.3 is 0 Å². The highest BCUT2D eigenvalue weighted by Gasteiger charge is 2.18. The van der Waals surface area contributed by atoms with Crippen LogP contribution in [0.4, 0.5) is 0 Å². The number of ether oxygens (including phenoxy) is 1. The van der Waals surface area contributed by atoms with E-state index in [-0.39, 0.29) is 5.38 Å². The Morgan fingerprint density at radius 1 is 1.05 bits per heavy atom. The summed E-state index contributed by atoms with van der Waals surface area (Å²) in [7, 11) is 0. The summed E-state index contributed by atoms with van der Waals surface area (Å²) in [5, 5.41) is -0.118. The Bertz CT molecular complexity index is 666. The van der Waals surface area contributed by atoms with Crippen LogP contribution in [-0.2, 0) is 18.0 Å². The molecule has 104 valence electrons. The number of halogens is 2. The van der Waals surface area contributed by atoms with E-state index in [2.05, 4.69) is 60.1 Å². The van der Waals surface area contributed by atoms with Crippen LogP contribution < -0.4 is 0 Å². The van der Waals surface area contributed by atoms with E-state index in [4.69, 9.17) is 16.3 Å². The minimum Gasteiger partial charge on any atom is -0.372 e. The van der Waals surface area contributed by atoms with Crippen LogP contribution in [0.2, 0.25) is 0 Å². The lowest BCUT2D eigenvalue weighted by molar-refractivity contribution is 0.134. The molecule has 3 heteroatoms. The molecule has 2 aromatic carbocycles. The van der Waals surface area contributed by atoms with Gasteiger partial charge in [0.05, 0.1) is 18.6 Å². The molecule has 0 N–H and O–H groups in total. The van der Waals surface area contributed by atoms with E-state index in [0.29, 0.717) is 6.61 Å². The van der Waals surface area contributed by atoms with Crippen molar-refractivity contribution in [1.82, 2.24) is 0 Å². The van der Waals surface area contributed by atoms with Gasteiger partial charge < -0.3 is 4.74 Å². The van der Waals surface area contributed by atoms with Gasteiger partial charge in [-0.05, 0) is 53.3 Å². The van der Waals surface area contributed by atoms with E-state index in [0.717, 1.165) is 16.6 Å². The second-order valence-electron chi connectivity index (χ2n) is 5.34. The average Bonchev–Trinajstić information content (AvgIpc) is 2.89. The van der Waals surface area contributed by atoms with Crippen LogP contribution in [0.15, 0.2) is 34.8 Å². The highest BCUT2D eigenvalue weighted by Crippen LogP contribution is 2.35. The molecule has 0 aromatic heterocycles. The summed E-state index contributed by atoms with van der Waals surface area (Å²) in [6.07, 6.45) is 0. The van der Waals surface area contributed by atoms with E-state index in [1.807, 2.05) is 0 Å². The number of alkyl halides is 1. The summed E-state index contributed by atoms with van der Waals surface area (Å²) in [5.41, 5.74) is 7.27. The first-order chi connectivity index (χ1) is 9.56. The van der Waals surface area contributed by atoms with Crippen LogP contribution in [0.25, 0.3) is 0 Å². The molecule has 1 aliphatic rings. The normalized spacial score (nSPS) is 15.2. The fourth-order valence-corrected chi connectivity index (χ4v) is 3.43. The monoisotopic (exact) mass is 350 g/mol. The Morgan fingerprint density at radius 3 is 2.60 bits per heavy atom. The first kappa shape index (κ1) is 14.1. The summed E-state index contributed by atoms with van der Waals surface area (Å²) in [6.45, 7) is 5.61. The summed E-state index contributed by atoms with van der Waals surface area (Å²) >= 11 is 10.3. The number of hydrogen-bond donors (Lipinski definition) is 0. The number of hydrogen-bond acceptors (Lipinski definition) is 1. The highest BCUT2D eigenvalue weighted by atomic mass is 79.9. The van der Waals surface area contributed by atoms with Gasteiger partial charge in [-0.3, -0.25) is 0 Å². The molecule has 0 aliphatic carbocycles. The third-order valence-corrected chi connectivity index (χ3v) is 5.20. The lowest BCUT2D eigenvalue weighted by Gasteiger charge is -2.16. The van der Waals surface area contributed by atoms with Crippen molar-refractivity contribution in [2.75, 3.05) is 0 Å². The Kier molecular flexibility index (Phi) is 3.89. The summed E-state index contributed by atoms with van der Waals surface area (Å²) in [5.74, 6) is 0. The first-order valence-corrected chi connectivity index (χ1v) is 7.89. The maximum Gasteiger partial charge on any atom is 0.0838 e. The molecular formula is C17H16BrClO. The van der Waals surface area contributed by atoms with Crippen molar-refractivity contribution in [1.29, 1.82) is 0 Å². The van der Waals surface area contributed by atoms with Gasteiger partial charge in [0, 0.05) is 4.47 Å². The largest absolute Gasteiger partial charge is 0.372 e. The van der Waals surface area contributed by atoms with Crippen molar-refractivity contribution in [3.05, 3.63) is 68.2 Å². The number of benzene rings is 2. The molecule has 1 nitrogen and oxygen atoms in total. The van der Waals surface area contributed by atoms with Gasteiger partial charge in [0.15, 0.2) is 0 Å². The molecule has 1 heterocycles. The van der Waals surface area contributed by atoms with Crippen LogP contribution in [0.3, 0.4) is 0 Å². The van der Waals surface area contributed by atoms with E-state index < -0.39 is 0 Å². The van der Waals surface area contributed by atoms with Crippen molar-refractivity contribution < 1.29 is 4.74 Å². The maximum atomic E-state index is 6.71.